The van der Waals surface area contributed by atoms with Crippen LogP contribution in [0.4, 0.5) is 5.69 Å². The van der Waals surface area contributed by atoms with Gasteiger partial charge in [0.2, 0.25) is 10.0 Å². The second-order valence-electron chi connectivity index (χ2n) is 4.12. The van der Waals surface area contributed by atoms with Crippen LogP contribution in [0, 0.1) is 0 Å². The number of nitrogens with two attached hydrogens (primary N) is 1. The van der Waals surface area contributed by atoms with Gasteiger partial charge in [-0.15, -0.1) is 0 Å². The summed E-state index contributed by atoms with van der Waals surface area (Å²) >= 11 is 0. The first-order valence-corrected chi connectivity index (χ1v) is 7.30. The maximum Gasteiger partial charge on any atom is 0.241 e. The van der Waals surface area contributed by atoms with Gasteiger partial charge in [-0.2, -0.15) is 0 Å². The molecular formula is C12H20N2O3S. The third-order valence-corrected chi connectivity index (χ3v) is 4.23. The molecule has 1 atom stereocenters. The van der Waals surface area contributed by atoms with Crippen molar-refractivity contribution in [3.8, 4) is 0 Å². The van der Waals surface area contributed by atoms with Crippen LogP contribution in [0.15, 0.2) is 23.1 Å². The van der Waals surface area contributed by atoms with Crippen LogP contribution >= 0.6 is 0 Å². The minimum absolute atomic E-state index is 0.175. The van der Waals surface area contributed by atoms with Crippen molar-refractivity contribution < 1.29 is 13.2 Å². The predicted molar refractivity (Wildman–Crippen MR) is 71.9 cm³/mol. The van der Waals surface area contributed by atoms with Crippen LogP contribution in [0.25, 0.3) is 0 Å². The highest BCUT2D eigenvalue weighted by Gasteiger charge is 2.18. The van der Waals surface area contributed by atoms with Gasteiger partial charge >= 0.3 is 0 Å². The Labute approximate surface area is 108 Å². The minimum atomic E-state index is -3.54. The maximum absolute atomic E-state index is 12.2. The molecule has 0 aromatic heterocycles. The van der Waals surface area contributed by atoms with Crippen molar-refractivity contribution in [3.05, 3.63) is 23.8 Å². The second kappa shape index (κ2) is 6.17. The van der Waals surface area contributed by atoms with Gasteiger partial charge in [0.25, 0.3) is 0 Å². The van der Waals surface area contributed by atoms with Crippen LogP contribution in [0.5, 0.6) is 0 Å². The fourth-order valence-corrected chi connectivity index (χ4v) is 2.96. The Kier molecular flexibility index (Phi) is 5.13. The van der Waals surface area contributed by atoms with E-state index in [1.54, 1.807) is 19.1 Å². The zero-order chi connectivity index (χ0) is 13.8. The molecule has 3 N–H and O–H groups in total. The number of nitrogen functional groups attached to an aromatic ring is 1. The Bertz CT molecular complexity index is 500. The summed E-state index contributed by atoms with van der Waals surface area (Å²) in [5.41, 5.74) is 6.83. The number of rotatable bonds is 6. The number of hydrogen-bond donors (Lipinski definition) is 2. The predicted octanol–water partition coefficient (Wildman–Crippen LogP) is 1.14. The highest BCUT2D eigenvalue weighted by Crippen LogP contribution is 2.19. The Morgan fingerprint density at radius 1 is 1.44 bits per heavy atom. The van der Waals surface area contributed by atoms with Crippen molar-refractivity contribution >= 4 is 15.7 Å². The molecule has 0 aliphatic rings. The largest absolute Gasteiger partial charge is 0.399 e. The monoisotopic (exact) mass is 272 g/mol. The first-order chi connectivity index (χ1) is 8.40. The zero-order valence-corrected chi connectivity index (χ0v) is 11.8. The van der Waals surface area contributed by atoms with Crippen LogP contribution in [-0.4, -0.2) is 28.2 Å². The zero-order valence-electron chi connectivity index (χ0n) is 10.9. The van der Waals surface area contributed by atoms with E-state index >= 15 is 0 Å². The van der Waals surface area contributed by atoms with Gasteiger partial charge < -0.3 is 10.5 Å². The van der Waals surface area contributed by atoms with Crippen molar-refractivity contribution in [2.24, 2.45) is 0 Å². The summed E-state index contributed by atoms with van der Waals surface area (Å²) in [6.07, 6.45) is 0.460. The van der Waals surface area contributed by atoms with Crippen molar-refractivity contribution in [2.45, 2.75) is 31.3 Å². The number of benzene rings is 1. The van der Waals surface area contributed by atoms with Crippen molar-refractivity contribution in [1.29, 1.82) is 0 Å². The van der Waals surface area contributed by atoms with Crippen LogP contribution in [0.2, 0.25) is 0 Å². The van der Waals surface area contributed by atoms with Gasteiger partial charge in [0.15, 0.2) is 0 Å². The van der Waals surface area contributed by atoms with Gasteiger partial charge in [-0.3, -0.25) is 0 Å². The molecule has 1 unspecified atom stereocenters. The third-order valence-electron chi connectivity index (χ3n) is 2.72. The summed E-state index contributed by atoms with van der Waals surface area (Å²) in [4.78, 5) is 0.244. The minimum Gasteiger partial charge on any atom is -0.399 e. The first kappa shape index (κ1) is 14.9. The molecule has 0 amide bonds. The highest BCUT2D eigenvalue weighted by atomic mass is 32.2. The molecule has 5 nitrogen and oxygen atoms in total. The lowest BCUT2D eigenvalue weighted by atomic mass is 10.1. The quantitative estimate of drug-likeness (QED) is 0.761. The summed E-state index contributed by atoms with van der Waals surface area (Å²) < 4.78 is 31.9. The number of anilines is 1. The summed E-state index contributed by atoms with van der Waals surface area (Å²) in [5.74, 6) is 0. The fourth-order valence-electron chi connectivity index (χ4n) is 1.50. The van der Waals surface area contributed by atoms with Gasteiger partial charge in [0.05, 0.1) is 11.0 Å². The van der Waals surface area contributed by atoms with Gasteiger partial charge in [0.1, 0.15) is 0 Å². The molecule has 0 aliphatic carbocycles. The van der Waals surface area contributed by atoms with Crippen molar-refractivity contribution in [2.75, 3.05) is 19.4 Å². The highest BCUT2D eigenvalue weighted by molar-refractivity contribution is 7.89. The van der Waals surface area contributed by atoms with Crippen molar-refractivity contribution in [3.63, 3.8) is 0 Å². The molecular weight excluding hydrogens is 252 g/mol. The Morgan fingerprint density at radius 3 is 2.67 bits per heavy atom. The summed E-state index contributed by atoms with van der Waals surface area (Å²) in [5, 5.41) is 0. The fraction of sp³-hybridized carbons (Fsp3) is 0.500. The summed E-state index contributed by atoms with van der Waals surface area (Å²) in [6, 6.07) is 4.93. The van der Waals surface area contributed by atoms with Crippen LogP contribution in [-0.2, 0) is 21.2 Å². The van der Waals surface area contributed by atoms with Gasteiger partial charge in [0, 0.05) is 19.3 Å². The molecule has 0 saturated heterocycles. The molecule has 0 bridgehead atoms. The molecule has 0 fully saturated rings. The van der Waals surface area contributed by atoms with E-state index in [0.717, 1.165) is 5.56 Å². The lowest BCUT2D eigenvalue weighted by Crippen LogP contribution is -2.32. The normalized spacial score (nSPS) is 13.5. The SMILES string of the molecule is CCc1ccc(N)cc1S(=O)(=O)NCC(C)OC. The number of hydrogen-bond acceptors (Lipinski definition) is 4. The molecule has 6 heteroatoms. The molecule has 0 radical (unpaired) electrons. The molecule has 1 aromatic rings. The van der Waals surface area contributed by atoms with E-state index in [9.17, 15) is 8.42 Å². The third kappa shape index (κ3) is 3.69. The molecule has 18 heavy (non-hydrogen) atoms. The molecule has 0 saturated carbocycles. The Balaban J connectivity index is 3.00. The van der Waals surface area contributed by atoms with Gasteiger partial charge in [-0.1, -0.05) is 13.0 Å². The standard InChI is InChI=1S/C12H20N2O3S/c1-4-10-5-6-11(13)7-12(10)18(15,16)14-8-9(2)17-3/h5-7,9,14H,4,8,13H2,1-3H3. The van der Waals surface area contributed by atoms with E-state index in [1.807, 2.05) is 6.92 Å². The molecule has 1 rings (SSSR count). The van der Waals surface area contributed by atoms with Crippen LogP contribution in [0.3, 0.4) is 0 Å². The molecule has 102 valence electrons. The average Bonchev–Trinajstić information content (AvgIpc) is 2.36. The van der Waals surface area contributed by atoms with E-state index in [1.165, 1.54) is 13.2 Å². The van der Waals surface area contributed by atoms with E-state index in [0.29, 0.717) is 12.1 Å². The second-order valence-corrected chi connectivity index (χ2v) is 5.85. The lowest BCUT2D eigenvalue weighted by Gasteiger charge is -2.14. The summed E-state index contributed by atoms with van der Waals surface area (Å²) in [7, 11) is -2.00. The van der Waals surface area contributed by atoms with E-state index in [4.69, 9.17) is 10.5 Å². The number of sulfonamides is 1. The number of nitrogens with one attached hydrogen (secondary N) is 1. The van der Waals surface area contributed by atoms with Crippen molar-refractivity contribution in [1.82, 2.24) is 4.72 Å². The maximum atomic E-state index is 12.2. The van der Waals surface area contributed by atoms with Crippen LogP contribution < -0.4 is 10.5 Å². The molecule has 0 heterocycles. The molecule has 0 aliphatic heterocycles. The van der Waals surface area contributed by atoms with E-state index in [2.05, 4.69) is 4.72 Å². The van der Waals surface area contributed by atoms with Crippen LogP contribution in [0.1, 0.15) is 19.4 Å². The van der Waals surface area contributed by atoms with E-state index in [-0.39, 0.29) is 17.5 Å². The Morgan fingerprint density at radius 2 is 2.11 bits per heavy atom. The van der Waals surface area contributed by atoms with Gasteiger partial charge in [-0.25, -0.2) is 13.1 Å². The summed E-state index contributed by atoms with van der Waals surface area (Å²) in [6.45, 7) is 3.93. The first-order valence-electron chi connectivity index (χ1n) is 5.81. The average molecular weight is 272 g/mol. The lowest BCUT2D eigenvalue weighted by molar-refractivity contribution is 0.122. The number of ether oxygens (including phenoxy) is 1. The number of methoxy groups -OCH3 is 1. The number of aryl methyl sites for hydroxylation is 1. The Hall–Kier alpha value is -1.11. The van der Waals surface area contributed by atoms with E-state index < -0.39 is 10.0 Å². The molecule has 0 spiro atoms. The van der Waals surface area contributed by atoms with Gasteiger partial charge in [-0.05, 0) is 31.0 Å². The topological polar surface area (TPSA) is 81.4 Å². The molecule has 1 aromatic carbocycles. The smallest absolute Gasteiger partial charge is 0.241 e.